The highest BCUT2D eigenvalue weighted by Gasteiger charge is 2.26. The molecule has 0 spiro atoms. The van der Waals surface area contributed by atoms with Gasteiger partial charge in [-0.2, -0.15) is 0 Å². The van der Waals surface area contributed by atoms with Crippen LogP contribution in [0.15, 0.2) is 22.0 Å². The molecule has 2 saturated heterocycles. The number of rotatable bonds is 6. The Bertz CT molecular complexity index is 809. The van der Waals surface area contributed by atoms with Crippen molar-refractivity contribution < 1.29 is 9.53 Å². The molecular formula is C19H25N5O2S2. The predicted molar refractivity (Wildman–Crippen MR) is 111 cm³/mol. The zero-order valence-electron chi connectivity index (χ0n) is 16.0. The van der Waals surface area contributed by atoms with E-state index >= 15 is 0 Å². The molecule has 1 N–H and O–H groups in total. The number of hydrogen-bond acceptors (Lipinski definition) is 8. The van der Waals surface area contributed by atoms with E-state index in [1.807, 2.05) is 24.6 Å². The molecule has 2 aliphatic rings. The van der Waals surface area contributed by atoms with E-state index in [0.29, 0.717) is 11.7 Å². The standard InChI is InChI=1S/C19H25N5O2S2/c1-13-11-27-19(21-13)28-12-17(25)22-15-3-7-24(10-15)18-20-6-2-16(23-18)14-4-8-26-9-5-14/h2,6,11,14-15H,3-5,7-10,12H2,1H3,(H,22,25). The van der Waals surface area contributed by atoms with Gasteiger partial charge in [-0.1, -0.05) is 11.8 Å². The molecule has 7 nitrogen and oxygen atoms in total. The first-order valence-electron chi connectivity index (χ1n) is 9.67. The average Bonchev–Trinajstić information content (AvgIpc) is 3.36. The first-order valence-corrected chi connectivity index (χ1v) is 11.5. The summed E-state index contributed by atoms with van der Waals surface area (Å²) in [7, 11) is 0. The van der Waals surface area contributed by atoms with Gasteiger partial charge in [-0.25, -0.2) is 15.0 Å². The van der Waals surface area contributed by atoms with E-state index in [0.717, 1.165) is 67.2 Å². The number of amides is 1. The number of thioether (sulfide) groups is 1. The van der Waals surface area contributed by atoms with Crippen molar-refractivity contribution in [2.45, 2.75) is 42.5 Å². The van der Waals surface area contributed by atoms with E-state index in [2.05, 4.69) is 20.2 Å². The van der Waals surface area contributed by atoms with E-state index < -0.39 is 0 Å². The van der Waals surface area contributed by atoms with Gasteiger partial charge < -0.3 is 15.0 Å². The van der Waals surface area contributed by atoms with Crippen LogP contribution >= 0.6 is 23.1 Å². The summed E-state index contributed by atoms with van der Waals surface area (Å²) in [4.78, 5) is 28.1. The Morgan fingerprint density at radius 1 is 1.36 bits per heavy atom. The third kappa shape index (κ3) is 5.01. The minimum atomic E-state index is 0.0570. The fourth-order valence-electron chi connectivity index (χ4n) is 3.59. The summed E-state index contributed by atoms with van der Waals surface area (Å²) in [5.41, 5.74) is 2.11. The zero-order chi connectivity index (χ0) is 19.3. The topological polar surface area (TPSA) is 80.2 Å². The molecule has 0 aromatic carbocycles. The van der Waals surface area contributed by atoms with E-state index in [-0.39, 0.29) is 11.9 Å². The summed E-state index contributed by atoms with van der Waals surface area (Å²) in [6, 6.07) is 2.16. The van der Waals surface area contributed by atoms with Crippen molar-refractivity contribution in [2.75, 3.05) is 37.0 Å². The highest BCUT2D eigenvalue weighted by molar-refractivity contribution is 8.01. The summed E-state index contributed by atoms with van der Waals surface area (Å²) in [6.07, 6.45) is 4.81. The highest BCUT2D eigenvalue weighted by Crippen LogP contribution is 2.27. The first kappa shape index (κ1) is 19.6. The van der Waals surface area contributed by atoms with Crippen molar-refractivity contribution in [3.05, 3.63) is 29.0 Å². The maximum Gasteiger partial charge on any atom is 0.230 e. The number of hydrogen-bond donors (Lipinski definition) is 1. The molecular weight excluding hydrogens is 394 g/mol. The van der Waals surface area contributed by atoms with E-state index in [1.165, 1.54) is 11.8 Å². The van der Waals surface area contributed by atoms with Gasteiger partial charge in [0.05, 0.1) is 5.75 Å². The SMILES string of the molecule is Cc1csc(SCC(=O)NC2CCN(c3nccc(C4CCOCC4)n3)C2)n1. The van der Waals surface area contributed by atoms with Crippen LogP contribution in [0.4, 0.5) is 5.95 Å². The van der Waals surface area contributed by atoms with Crippen LogP contribution in [0.25, 0.3) is 0 Å². The summed E-state index contributed by atoms with van der Waals surface area (Å²) in [5, 5.41) is 5.14. The monoisotopic (exact) mass is 419 g/mol. The van der Waals surface area contributed by atoms with Gasteiger partial charge in [-0.3, -0.25) is 4.79 Å². The Balaban J connectivity index is 1.28. The third-order valence-corrected chi connectivity index (χ3v) is 7.20. The number of anilines is 1. The second-order valence-electron chi connectivity index (χ2n) is 7.21. The van der Waals surface area contributed by atoms with Gasteiger partial charge in [-0.15, -0.1) is 11.3 Å². The highest BCUT2D eigenvalue weighted by atomic mass is 32.2. The Labute approximate surface area is 173 Å². The minimum absolute atomic E-state index is 0.0570. The second kappa shape index (κ2) is 9.19. The third-order valence-electron chi connectivity index (χ3n) is 5.06. The van der Waals surface area contributed by atoms with Crippen LogP contribution in [-0.2, 0) is 9.53 Å². The number of ether oxygens (including phenoxy) is 1. The molecule has 0 saturated carbocycles. The van der Waals surface area contributed by atoms with Crippen LogP contribution in [0.3, 0.4) is 0 Å². The molecule has 2 aromatic rings. The lowest BCUT2D eigenvalue weighted by Crippen LogP contribution is -2.38. The number of aromatic nitrogens is 3. The lowest BCUT2D eigenvalue weighted by atomic mass is 9.96. The number of aryl methyl sites for hydroxylation is 1. The van der Waals surface area contributed by atoms with Crippen LogP contribution < -0.4 is 10.2 Å². The van der Waals surface area contributed by atoms with Crippen molar-refractivity contribution in [1.82, 2.24) is 20.3 Å². The fraction of sp³-hybridized carbons (Fsp3) is 0.579. The molecule has 9 heteroatoms. The molecule has 28 heavy (non-hydrogen) atoms. The molecule has 1 atom stereocenters. The quantitative estimate of drug-likeness (QED) is 0.721. The van der Waals surface area contributed by atoms with Crippen molar-refractivity contribution in [2.24, 2.45) is 0 Å². The largest absolute Gasteiger partial charge is 0.381 e. The molecule has 2 fully saturated rings. The first-order chi connectivity index (χ1) is 13.7. The molecule has 1 unspecified atom stereocenters. The normalized spacial score (nSPS) is 20.5. The Hall–Kier alpha value is -1.71. The minimum Gasteiger partial charge on any atom is -0.381 e. The van der Waals surface area contributed by atoms with Gasteiger partial charge in [0.15, 0.2) is 4.34 Å². The number of carbonyl (C=O) groups is 1. The van der Waals surface area contributed by atoms with Crippen LogP contribution in [0.2, 0.25) is 0 Å². The molecule has 0 aliphatic carbocycles. The molecule has 2 aliphatic heterocycles. The molecule has 2 aromatic heterocycles. The van der Waals surface area contributed by atoms with Crippen LogP contribution in [0.5, 0.6) is 0 Å². The molecule has 4 rings (SSSR count). The van der Waals surface area contributed by atoms with Crippen LogP contribution in [-0.4, -0.2) is 59.0 Å². The lowest BCUT2D eigenvalue weighted by molar-refractivity contribution is -0.119. The van der Waals surface area contributed by atoms with Gasteiger partial charge >= 0.3 is 0 Å². The molecule has 1 amide bonds. The number of nitrogens with one attached hydrogen (secondary N) is 1. The Morgan fingerprint density at radius 2 is 2.21 bits per heavy atom. The van der Waals surface area contributed by atoms with Crippen LogP contribution in [0, 0.1) is 6.92 Å². The molecule has 4 heterocycles. The summed E-state index contributed by atoms with van der Waals surface area (Å²) in [6.45, 7) is 5.19. The van der Waals surface area contributed by atoms with Crippen molar-refractivity contribution in [1.29, 1.82) is 0 Å². The lowest BCUT2D eigenvalue weighted by Gasteiger charge is -2.23. The summed E-state index contributed by atoms with van der Waals surface area (Å²) in [5.74, 6) is 1.69. The molecule has 150 valence electrons. The smallest absolute Gasteiger partial charge is 0.230 e. The molecule has 0 radical (unpaired) electrons. The maximum absolute atomic E-state index is 12.3. The zero-order valence-corrected chi connectivity index (χ0v) is 17.6. The van der Waals surface area contributed by atoms with Crippen molar-refractivity contribution in [3.63, 3.8) is 0 Å². The number of nitrogens with zero attached hydrogens (tertiary/aromatic N) is 4. The number of thiazole rings is 1. The van der Waals surface area contributed by atoms with Crippen molar-refractivity contribution in [3.8, 4) is 0 Å². The van der Waals surface area contributed by atoms with Gasteiger partial charge in [0.25, 0.3) is 0 Å². The number of carbonyl (C=O) groups excluding carboxylic acids is 1. The fourth-order valence-corrected chi connectivity index (χ4v) is 5.25. The van der Waals surface area contributed by atoms with E-state index in [4.69, 9.17) is 9.72 Å². The average molecular weight is 420 g/mol. The van der Waals surface area contributed by atoms with Gasteiger partial charge in [-0.05, 0) is 32.3 Å². The van der Waals surface area contributed by atoms with E-state index in [9.17, 15) is 4.79 Å². The van der Waals surface area contributed by atoms with Crippen molar-refractivity contribution >= 4 is 35.0 Å². The summed E-state index contributed by atoms with van der Waals surface area (Å²) < 4.78 is 6.40. The second-order valence-corrected chi connectivity index (χ2v) is 9.29. The van der Waals surface area contributed by atoms with E-state index in [1.54, 1.807) is 11.3 Å². The maximum atomic E-state index is 12.3. The predicted octanol–water partition coefficient (Wildman–Crippen LogP) is 2.62. The van der Waals surface area contributed by atoms with Gasteiger partial charge in [0, 0.05) is 61.2 Å². The molecule has 0 bridgehead atoms. The summed E-state index contributed by atoms with van der Waals surface area (Å²) >= 11 is 3.08. The Kier molecular flexibility index (Phi) is 6.43. The van der Waals surface area contributed by atoms with Crippen LogP contribution in [0.1, 0.15) is 36.6 Å². The van der Waals surface area contributed by atoms with Gasteiger partial charge in [0.2, 0.25) is 11.9 Å². The van der Waals surface area contributed by atoms with Gasteiger partial charge in [0.1, 0.15) is 0 Å². The Morgan fingerprint density at radius 3 is 3.00 bits per heavy atom.